The van der Waals surface area contributed by atoms with Crippen LogP contribution in [0.15, 0.2) is 24.3 Å². The molecule has 0 saturated carbocycles. The number of amides is 1. The van der Waals surface area contributed by atoms with Crippen LogP contribution in [0.2, 0.25) is 0 Å². The lowest BCUT2D eigenvalue weighted by Gasteiger charge is -2.13. The molecule has 124 valence electrons. The lowest BCUT2D eigenvalue weighted by molar-refractivity contribution is 0.0438. The van der Waals surface area contributed by atoms with E-state index in [-0.39, 0.29) is 5.91 Å². The molecule has 0 saturated heterocycles. The Morgan fingerprint density at radius 3 is 2.52 bits per heavy atom. The molecular weight excluding hydrogens is 292 g/mol. The van der Waals surface area contributed by atoms with Crippen molar-refractivity contribution in [2.45, 2.75) is 26.9 Å². The van der Waals surface area contributed by atoms with Gasteiger partial charge in [-0.1, -0.05) is 31.8 Å². The highest BCUT2D eigenvalue weighted by Crippen LogP contribution is 2.08. The lowest BCUT2D eigenvalue weighted by atomic mass is 10.1. The van der Waals surface area contributed by atoms with E-state index >= 15 is 0 Å². The molecule has 0 aliphatic rings. The van der Waals surface area contributed by atoms with E-state index in [1.54, 1.807) is 32.2 Å². The van der Waals surface area contributed by atoms with Gasteiger partial charge in [0.05, 0.1) is 12.1 Å². The molecule has 0 unspecified atom stereocenters. The van der Waals surface area contributed by atoms with Crippen LogP contribution in [0.1, 0.15) is 41.5 Å². The van der Waals surface area contributed by atoms with E-state index in [0.29, 0.717) is 17.7 Å². The summed E-state index contributed by atoms with van der Waals surface area (Å²) in [5.41, 5.74) is 0.755. The van der Waals surface area contributed by atoms with Crippen molar-refractivity contribution < 1.29 is 14.3 Å². The lowest BCUT2D eigenvalue weighted by Crippen LogP contribution is -2.23. The molecule has 5 nitrogen and oxygen atoms in total. The Kier molecular flexibility index (Phi) is 7.86. The smallest absolute Gasteiger partial charge is 0.339 e. The molecule has 1 atom stereocenters. The third-order valence-electron chi connectivity index (χ3n) is 3.37. The second-order valence-electron chi connectivity index (χ2n) is 4.99. The van der Waals surface area contributed by atoms with Crippen molar-refractivity contribution in [2.24, 2.45) is 0 Å². The topological polar surface area (TPSA) is 58.6 Å². The van der Waals surface area contributed by atoms with Crippen LogP contribution in [0.25, 0.3) is 0 Å². The molecule has 0 fully saturated rings. The average molecular weight is 316 g/mol. The number of nitrogens with zero attached hydrogens (tertiary/aromatic N) is 1. The molecule has 1 rings (SSSR count). The average Bonchev–Trinajstić information content (AvgIpc) is 2.58. The number of rotatable bonds is 6. The van der Waals surface area contributed by atoms with Gasteiger partial charge in [0.25, 0.3) is 5.91 Å². The van der Waals surface area contributed by atoms with Gasteiger partial charge >= 0.3 is 5.97 Å². The van der Waals surface area contributed by atoms with Crippen LogP contribution >= 0.6 is 0 Å². The van der Waals surface area contributed by atoms with Gasteiger partial charge < -0.3 is 10.1 Å². The molecule has 1 aromatic rings. The second-order valence-corrected chi connectivity index (χ2v) is 4.99. The molecule has 5 heteroatoms. The number of carbonyl (C=O) groups is 2. The maximum atomic E-state index is 12.1. The summed E-state index contributed by atoms with van der Waals surface area (Å²) >= 11 is 0. The van der Waals surface area contributed by atoms with Gasteiger partial charge in [0, 0.05) is 12.6 Å². The van der Waals surface area contributed by atoms with Gasteiger partial charge in [-0.2, -0.15) is 0 Å². The summed E-state index contributed by atoms with van der Waals surface area (Å²) in [7, 11) is 1.54. The Morgan fingerprint density at radius 2 is 1.91 bits per heavy atom. The van der Waals surface area contributed by atoms with Crippen LogP contribution in [0.4, 0.5) is 0 Å². The molecule has 0 spiro atoms. The minimum atomic E-state index is -0.498. The molecule has 1 amide bonds. The number of carbonyl (C=O) groups excluding carboxylic acids is 2. The fourth-order valence-electron chi connectivity index (χ4n) is 1.94. The van der Waals surface area contributed by atoms with E-state index in [9.17, 15) is 9.59 Å². The first-order valence-corrected chi connectivity index (χ1v) is 7.75. The molecule has 0 heterocycles. The van der Waals surface area contributed by atoms with Gasteiger partial charge in [0.2, 0.25) is 0 Å². The summed E-state index contributed by atoms with van der Waals surface area (Å²) < 4.78 is 5.29. The normalized spacial score (nSPS) is 11.3. The van der Waals surface area contributed by atoms with E-state index in [4.69, 9.17) is 4.74 Å². The van der Waals surface area contributed by atoms with E-state index in [1.807, 2.05) is 0 Å². The number of hydrogen-bond acceptors (Lipinski definition) is 4. The molecular formula is C18H24N2O3. The maximum absolute atomic E-state index is 12.1. The Labute approximate surface area is 138 Å². The first-order chi connectivity index (χ1) is 11.0. The first-order valence-electron chi connectivity index (χ1n) is 7.75. The highest BCUT2D eigenvalue weighted by molar-refractivity contribution is 5.97. The van der Waals surface area contributed by atoms with Gasteiger partial charge in [-0.05, 0) is 38.2 Å². The van der Waals surface area contributed by atoms with E-state index in [2.05, 4.69) is 35.9 Å². The van der Waals surface area contributed by atoms with E-state index in [1.165, 1.54) is 6.07 Å². The standard InChI is InChI=1S/C18H24N2O3/c1-5-20(6-2)12-8-9-14(3)23-18(22)16-11-7-10-15(13-16)17(21)19-4/h7,10-11,13-14H,5-6,12H2,1-4H3,(H,19,21)/t14-/m1/s1. The monoisotopic (exact) mass is 316 g/mol. The van der Waals surface area contributed by atoms with Crippen LogP contribution in [0, 0.1) is 11.8 Å². The molecule has 1 N–H and O–H groups in total. The molecule has 0 bridgehead atoms. The summed E-state index contributed by atoms with van der Waals surface area (Å²) in [6.45, 7) is 8.41. The third kappa shape index (κ3) is 6.13. The quantitative estimate of drug-likeness (QED) is 0.644. The van der Waals surface area contributed by atoms with Crippen LogP contribution in [0.3, 0.4) is 0 Å². The fraction of sp³-hybridized carbons (Fsp3) is 0.444. The van der Waals surface area contributed by atoms with Crippen LogP contribution in [-0.4, -0.2) is 49.6 Å². The third-order valence-corrected chi connectivity index (χ3v) is 3.37. The largest absolute Gasteiger partial charge is 0.446 e. The number of hydrogen-bond donors (Lipinski definition) is 1. The van der Waals surface area contributed by atoms with Gasteiger partial charge in [0.1, 0.15) is 0 Å². The Morgan fingerprint density at radius 1 is 1.26 bits per heavy atom. The minimum Gasteiger partial charge on any atom is -0.446 e. The Bertz CT molecular complexity index is 598. The summed E-state index contributed by atoms with van der Waals surface area (Å²) in [5, 5.41) is 2.52. The minimum absolute atomic E-state index is 0.244. The van der Waals surface area contributed by atoms with Gasteiger partial charge in [-0.25, -0.2) is 4.79 Å². The van der Waals surface area contributed by atoms with Crippen LogP contribution < -0.4 is 5.32 Å². The molecule has 0 aromatic heterocycles. The predicted molar refractivity (Wildman–Crippen MR) is 90.3 cm³/mol. The summed E-state index contributed by atoms with van der Waals surface area (Å²) in [6, 6.07) is 6.42. The summed E-state index contributed by atoms with van der Waals surface area (Å²) in [6.07, 6.45) is -0.498. The zero-order valence-electron chi connectivity index (χ0n) is 14.2. The van der Waals surface area contributed by atoms with Crippen molar-refractivity contribution >= 4 is 11.9 Å². The highest BCUT2D eigenvalue weighted by Gasteiger charge is 2.12. The number of benzene rings is 1. The molecule has 0 aliphatic carbocycles. The van der Waals surface area contributed by atoms with E-state index < -0.39 is 12.1 Å². The van der Waals surface area contributed by atoms with Crippen molar-refractivity contribution in [2.75, 3.05) is 26.7 Å². The Balaban J connectivity index is 2.65. The second kappa shape index (κ2) is 9.65. The van der Waals surface area contributed by atoms with Crippen molar-refractivity contribution in [3.63, 3.8) is 0 Å². The van der Waals surface area contributed by atoms with Gasteiger partial charge in [-0.15, -0.1) is 0 Å². The zero-order chi connectivity index (χ0) is 17.2. The van der Waals surface area contributed by atoms with Crippen molar-refractivity contribution in [3.8, 4) is 11.8 Å². The molecule has 23 heavy (non-hydrogen) atoms. The van der Waals surface area contributed by atoms with Crippen molar-refractivity contribution in [1.82, 2.24) is 10.2 Å². The number of ether oxygens (including phenoxy) is 1. The van der Waals surface area contributed by atoms with Crippen LogP contribution in [0.5, 0.6) is 0 Å². The summed E-state index contributed by atoms with van der Waals surface area (Å²) in [5.74, 6) is 5.20. The Hall–Kier alpha value is -2.32. The van der Waals surface area contributed by atoms with Crippen molar-refractivity contribution in [3.05, 3.63) is 35.4 Å². The predicted octanol–water partition coefficient (Wildman–Crippen LogP) is 1.94. The molecule has 1 aromatic carbocycles. The zero-order valence-corrected chi connectivity index (χ0v) is 14.2. The SMILES string of the molecule is CCN(CC)CC#C[C@@H](C)OC(=O)c1cccc(C(=O)NC)c1. The number of nitrogens with one attached hydrogen (secondary N) is 1. The highest BCUT2D eigenvalue weighted by atomic mass is 16.5. The van der Waals surface area contributed by atoms with Crippen molar-refractivity contribution in [1.29, 1.82) is 0 Å². The fourth-order valence-corrected chi connectivity index (χ4v) is 1.94. The van der Waals surface area contributed by atoms with Gasteiger partial charge in [-0.3, -0.25) is 9.69 Å². The molecule has 0 aliphatic heterocycles. The number of esters is 1. The summed E-state index contributed by atoms with van der Waals surface area (Å²) in [4.78, 5) is 25.9. The van der Waals surface area contributed by atoms with E-state index in [0.717, 1.165) is 13.1 Å². The van der Waals surface area contributed by atoms with Gasteiger partial charge in [0.15, 0.2) is 6.10 Å². The first kappa shape index (κ1) is 18.7. The van der Waals surface area contributed by atoms with Crippen LogP contribution in [-0.2, 0) is 4.74 Å². The maximum Gasteiger partial charge on any atom is 0.339 e. The molecule has 0 radical (unpaired) electrons.